The van der Waals surface area contributed by atoms with Crippen molar-refractivity contribution in [3.63, 3.8) is 0 Å². The minimum atomic E-state index is -0.807. The van der Waals surface area contributed by atoms with E-state index in [1.165, 1.54) is 5.56 Å². The van der Waals surface area contributed by atoms with Crippen LogP contribution in [0.1, 0.15) is 25.0 Å². The summed E-state index contributed by atoms with van der Waals surface area (Å²) in [4.78, 5) is 10.9. The van der Waals surface area contributed by atoms with E-state index < -0.39 is 12.0 Å². The summed E-state index contributed by atoms with van der Waals surface area (Å²) in [6, 6.07) is 7.70. The lowest BCUT2D eigenvalue weighted by Crippen LogP contribution is -2.35. The lowest BCUT2D eigenvalue weighted by Gasteiger charge is -2.11. The molecule has 3 nitrogen and oxygen atoms in total. The van der Waals surface area contributed by atoms with Crippen molar-refractivity contribution >= 4 is 5.97 Å². The van der Waals surface area contributed by atoms with Gasteiger partial charge in [0.05, 0.1) is 0 Å². The molecule has 1 aromatic rings. The van der Waals surface area contributed by atoms with Crippen molar-refractivity contribution in [2.45, 2.75) is 32.7 Å². The maximum absolute atomic E-state index is 10.9. The maximum atomic E-state index is 10.9. The van der Waals surface area contributed by atoms with Gasteiger partial charge in [-0.2, -0.15) is 0 Å². The van der Waals surface area contributed by atoms with Gasteiger partial charge in [0.2, 0.25) is 0 Å². The van der Waals surface area contributed by atoms with Gasteiger partial charge < -0.3 is 10.4 Å². The Labute approximate surface area is 103 Å². The van der Waals surface area contributed by atoms with Crippen molar-refractivity contribution in [1.29, 1.82) is 0 Å². The zero-order chi connectivity index (χ0) is 12.8. The highest BCUT2D eigenvalue weighted by atomic mass is 16.4. The van der Waals surface area contributed by atoms with Crippen molar-refractivity contribution in [3.05, 3.63) is 35.4 Å². The molecule has 0 radical (unpaired) electrons. The molecule has 0 spiro atoms. The number of hydrogen-bond donors (Lipinski definition) is 2. The molecule has 0 saturated carbocycles. The number of carbonyl (C=O) groups is 1. The third-order valence-electron chi connectivity index (χ3n) is 2.75. The fourth-order valence-corrected chi connectivity index (χ4v) is 1.83. The molecule has 0 fully saturated rings. The molecule has 17 heavy (non-hydrogen) atoms. The van der Waals surface area contributed by atoms with Crippen molar-refractivity contribution in [3.8, 4) is 0 Å². The van der Waals surface area contributed by atoms with Crippen LogP contribution in [0, 0.1) is 5.92 Å². The average molecular weight is 235 g/mol. The predicted molar refractivity (Wildman–Crippen MR) is 69.2 cm³/mol. The molecule has 1 atom stereocenters. The van der Waals surface area contributed by atoms with Crippen LogP contribution < -0.4 is 5.32 Å². The highest BCUT2D eigenvalue weighted by Crippen LogP contribution is 2.11. The van der Waals surface area contributed by atoms with Crippen LogP contribution in [0.2, 0.25) is 0 Å². The van der Waals surface area contributed by atoms with Crippen molar-refractivity contribution in [1.82, 2.24) is 5.32 Å². The van der Waals surface area contributed by atoms with Gasteiger partial charge in [-0.25, -0.2) is 0 Å². The van der Waals surface area contributed by atoms with Crippen molar-refractivity contribution in [2.24, 2.45) is 5.92 Å². The first-order chi connectivity index (χ1) is 8.02. The molecule has 0 aromatic heterocycles. The zero-order valence-corrected chi connectivity index (χ0v) is 10.7. The first-order valence-corrected chi connectivity index (χ1v) is 6.00. The quantitative estimate of drug-likeness (QED) is 0.794. The topological polar surface area (TPSA) is 49.3 Å². The first-order valence-electron chi connectivity index (χ1n) is 6.00. The van der Waals surface area contributed by atoms with Crippen LogP contribution in [0.5, 0.6) is 0 Å². The van der Waals surface area contributed by atoms with Crippen LogP contribution >= 0.6 is 0 Å². The molecule has 3 heteroatoms. The second-order valence-electron chi connectivity index (χ2n) is 4.80. The Kier molecular flexibility index (Phi) is 5.16. The van der Waals surface area contributed by atoms with E-state index in [-0.39, 0.29) is 0 Å². The van der Waals surface area contributed by atoms with Gasteiger partial charge in [0, 0.05) is 0 Å². The number of carboxylic acid groups (broad SMARTS) is 1. The Morgan fingerprint density at radius 2 is 1.65 bits per heavy atom. The van der Waals surface area contributed by atoms with E-state index in [1.807, 2.05) is 12.1 Å². The second kappa shape index (κ2) is 6.40. The Hall–Kier alpha value is -1.35. The maximum Gasteiger partial charge on any atom is 0.321 e. The summed E-state index contributed by atoms with van der Waals surface area (Å²) in [5.41, 5.74) is 2.36. The largest absolute Gasteiger partial charge is 0.480 e. The van der Waals surface area contributed by atoms with Gasteiger partial charge in [0.15, 0.2) is 0 Å². The molecule has 0 amide bonds. The number of carboxylic acids is 1. The molecular weight excluding hydrogens is 214 g/mol. The number of nitrogens with one attached hydrogen (secondary N) is 1. The Morgan fingerprint density at radius 3 is 2.00 bits per heavy atom. The Bertz CT molecular complexity index is 357. The van der Waals surface area contributed by atoms with Gasteiger partial charge in [-0.15, -0.1) is 0 Å². The van der Waals surface area contributed by atoms with Crippen LogP contribution in [0.3, 0.4) is 0 Å². The van der Waals surface area contributed by atoms with E-state index in [0.717, 1.165) is 12.0 Å². The predicted octanol–water partition coefficient (Wildman–Crippen LogP) is 2.10. The van der Waals surface area contributed by atoms with Crippen LogP contribution in [-0.2, 0) is 17.6 Å². The number of likely N-dealkylation sites (N-methyl/N-ethyl adjacent to an activating group) is 1. The fourth-order valence-electron chi connectivity index (χ4n) is 1.83. The molecule has 0 saturated heterocycles. The highest BCUT2D eigenvalue weighted by Gasteiger charge is 2.14. The number of rotatable bonds is 6. The first kappa shape index (κ1) is 13.7. The monoisotopic (exact) mass is 235 g/mol. The minimum Gasteiger partial charge on any atom is -0.480 e. The third kappa shape index (κ3) is 4.57. The van der Waals surface area contributed by atoms with E-state index in [2.05, 4.69) is 31.3 Å². The summed E-state index contributed by atoms with van der Waals surface area (Å²) < 4.78 is 0. The van der Waals surface area contributed by atoms with E-state index in [0.29, 0.717) is 12.3 Å². The molecule has 0 aliphatic heterocycles. The Balaban J connectivity index is 2.64. The molecule has 1 rings (SSSR count). The van der Waals surface area contributed by atoms with Crippen molar-refractivity contribution in [2.75, 3.05) is 7.05 Å². The second-order valence-corrected chi connectivity index (χ2v) is 4.80. The van der Waals surface area contributed by atoms with Gasteiger partial charge in [-0.1, -0.05) is 38.1 Å². The summed E-state index contributed by atoms with van der Waals surface area (Å²) in [5.74, 6) is -0.163. The molecule has 0 bridgehead atoms. The smallest absolute Gasteiger partial charge is 0.321 e. The third-order valence-corrected chi connectivity index (χ3v) is 2.75. The number of benzene rings is 1. The molecule has 2 N–H and O–H groups in total. The summed E-state index contributed by atoms with van der Waals surface area (Å²) in [7, 11) is 1.67. The molecule has 0 heterocycles. The summed E-state index contributed by atoms with van der Waals surface area (Å²) in [5, 5.41) is 11.7. The molecule has 94 valence electrons. The Morgan fingerprint density at radius 1 is 1.18 bits per heavy atom. The zero-order valence-electron chi connectivity index (χ0n) is 10.7. The SMILES string of the molecule is CNC(Cc1ccc(CC(C)C)cc1)C(=O)O. The molecule has 1 aromatic carbocycles. The van der Waals surface area contributed by atoms with E-state index in [9.17, 15) is 4.79 Å². The van der Waals surface area contributed by atoms with Crippen LogP contribution in [0.15, 0.2) is 24.3 Å². The van der Waals surface area contributed by atoms with Crippen LogP contribution in [-0.4, -0.2) is 24.2 Å². The lowest BCUT2D eigenvalue weighted by atomic mass is 9.99. The van der Waals surface area contributed by atoms with Gasteiger partial charge >= 0.3 is 5.97 Å². The van der Waals surface area contributed by atoms with Gasteiger partial charge in [-0.05, 0) is 36.9 Å². The molecule has 0 aliphatic carbocycles. The molecular formula is C14H21NO2. The van der Waals surface area contributed by atoms with E-state index in [4.69, 9.17) is 5.11 Å². The van der Waals surface area contributed by atoms with Crippen LogP contribution in [0.4, 0.5) is 0 Å². The molecule has 0 aliphatic rings. The van der Waals surface area contributed by atoms with E-state index >= 15 is 0 Å². The summed E-state index contributed by atoms with van der Waals surface area (Å²) in [6.45, 7) is 4.38. The number of aliphatic carboxylic acids is 1. The van der Waals surface area contributed by atoms with Gasteiger partial charge in [-0.3, -0.25) is 4.79 Å². The number of hydrogen-bond acceptors (Lipinski definition) is 2. The summed E-state index contributed by atoms with van der Waals surface area (Å²) in [6.07, 6.45) is 1.59. The fraction of sp³-hybridized carbons (Fsp3) is 0.500. The van der Waals surface area contributed by atoms with Gasteiger partial charge in [0.1, 0.15) is 6.04 Å². The van der Waals surface area contributed by atoms with Crippen molar-refractivity contribution < 1.29 is 9.90 Å². The highest BCUT2D eigenvalue weighted by molar-refractivity contribution is 5.73. The standard InChI is InChI=1S/C14H21NO2/c1-10(2)8-11-4-6-12(7-5-11)9-13(15-3)14(16)17/h4-7,10,13,15H,8-9H2,1-3H3,(H,16,17). The summed E-state index contributed by atoms with van der Waals surface area (Å²) >= 11 is 0. The minimum absolute atomic E-state index is 0.508. The normalized spacial score (nSPS) is 12.7. The molecule has 1 unspecified atom stereocenters. The average Bonchev–Trinajstić information content (AvgIpc) is 2.26. The van der Waals surface area contributed by atoms with Crippen LogP contribution in [0.25, 0.3) is 0 Å². The lowest BCUT2D eigenvalue weighted by molar-refractivity contribution is -0.139. The van der Waals surface area contributed by atoms with Gasteiger partial charge in [0.25, 0.3) is 0 Å². The van der Waals surface area contributed by atoms with E-state index in [1.54, 1.807) is 7.05 Å².